The van der Waals surface area contributed by atoms with E-state index in [1.54, 1.807) is 0 Å². The van der Waals surface area contributed by atoms with Crippen molar-refractivity contribution in [2.24, 2.45) is 0 Å². The molecular weight excluding hydrogens is 238 g/mol. The number of aliphatic hydroxyl groups is 2. The molecule has 3 unspecified atom stereocenters. The van der Waals surface area contributed by atoms with Gasteiger partial charge in [0, 0.05) is 13.2 Å². The average molecular weight is 253 g/mol. The first kappa shape index (κ1) is 12.9. The SMILES string of the molecule is O=Cc1cnc(NCC2OCCC(O)C2O)cn1. The van der Waals surface area contributed by atoms with E-state index in [9.17, 15) is 15.0 Å². The molecule has 3 atom stereocenters. The van der Waals surface area contributed by atoms with Crippen molar-refractivity contribution < 1.29 is 19.7 Å². The van der Waals surface area contributed by atoms with Crippen molar-refractivity contribution in [2.45, 2.75) is 24.7 Å². The van der Waals surface area contributed by atoms with E-state index in [0.717, 1.165) is 0 Å². The Morgan fingerprint density at radius 3 is 2.94 bits per heavy atom. The molecular formula is C11H15N3O4. The number of carbonyl (C=O) groups excluding carboxylic acids is 1. The molecule has 1 fully saturated rings. The molecule has 7 heteroatoms. The van der Waals surface area contributed by atoms with Crippen LogP contribution in [0.1, 0.15) is 16.9 Å². The van der Waals surface area contributed by atoms with Gasteiger partial charge in [-0.3, -0.25) is 4.79 Å². The fourth-order valence-electron chi connectivity index (χ4n) is 1.73. The second-order valence-corrected chi connectivity index (χ2v) is 4.08. The Labute approximate surface area is 104 Å². The van der Waals surface area contributed by atoms with E-state index in [0.29, 0.717) is 31.7 Å². The Morgan fingerprint density at radius 1 is 1.44 bits per heavy atom. The number of hydrogen-bond acceptors (Lipinski definition) is 7. The summed E-state index contributed by atoms with van der Waals surface area (Å²) in [6, 6.07) is 0. The summed E-state index contributed by atoms with van der Waals surface area (Å²) in [6.45, 7) is 0.730. The van der Waals surface area contributed by atoms with Crippen LogP contribution in [-0.2, 0) is 4.74 Å². The zero-order chi connectivity index (χ0) is 13.0. The minimum absolute atomic E-state index is 0.255. The molecule has 18 heavy (non-hydrogen) atoms. The van der Waals surface area contributed by atoms with Crippen LogP contribution in [0.4, 0.5) is 5.82 Å². The van der Waals surface area contributed by atoms with Crippen molar-refractivity contribution in [3.63, 3.8) is 0 Å². The molecule has 0 bridgehead atoms. The van der Waals surface area contributed by atoms with Crippen LogP contribution in [0.5, 0.6) is 0 Å². The molecule has 0 spiro atoms. The molecule has 98 valence electrons. The fourth-order valence-corrected chi connectivity index (χ4v) is 1.73. The predicted octanol–water partition coefficient (Wildman–Crippen LogP) is -0.788. The summed E-state index contributed by atoms with van der Waals surface area (Å²) in [5.41, 5.74) is 0.255. The van der Waals surface area contributed by atoms with Gasteiger partial charge in [0.25, 0.3) is 0 Å². The normalized spacial score (nSPS) is 27.8. The van der Waals surface area contributed by atoms with Gasteiger partial charge in [0.1, 0.15) is 23.7 Å². The van der Waals surface area contributed by atoms with Gasteiger partial charge in [-0.15, -0.1) is 0 Å². The number of rotatable bonds is 4. The van der Waals surface area contributed by atoms with Gasteiger partial charge in [-0.25, -0.2) is 9.97 Å². The number of carbonyl (C=O) groups is 1. The van der Waals surface area contributed by atoms with E-state index in [1.807, 2.05) is 0 Å². The number of nitrogens with zero attached hydrogens (tertiary/aromatic N) is 2. The number of aliphatic hydroxyl groups excluding tert-OH is 2. The molecule has 1 aromatic heterocycles. The zero-order valence-corrected chi connectivity index (χ0v) is 9.69. The van der Waals surface area contributed by atoms with Crippen molar-refractivity contribution in [3.05, 3.63) is 18.1 Å². The lowest BCUT2D eigenvalue weighted by molar-refractivity contribution is -0.129. The van der Waals surface area contributed by atoms with Crippen LogP contribution in [0.3, 0.4) is 0 Å². The van der Waals surface area contributed by atoms with Crippen LogP contribution in [0.25, 0.3) is 0 Å². The maximum Gasteiger partial charge on any atom is 0.170 e. The predicted molar refractivity (Wildman–Crippen MR) is 62.3 cm³/mol. The van der Waals surface area contributed by atoms with E-state index >= 15 is 0 Å². The summed E-state index contributed by atoms with van der Waals surface area (Å²) in [4.78, 5) is 18.2. The van der Waals surface area contributed by atoms with Gasteiger partial charge < -0.3 is 20.3 Å². The molecule has 0 aliphatic carbocycles. The highest BCUT2D eigenvalue weighted by atomic mass is 16.5. The highest BCUT2D eigenvalue weighted by Crippen LogP contribution is 2.15. The van der Waals surface area contributed by atoms with E-state index in [-0.39, 0.29) is 5.69 Å². The summed E-state index contributed by atoms with van der Waals surface area (Å²) >= 11 is 0. The highest BCUT2D eigenvalue weighted by molar-refractivity contribution is 5.71. The Kier molecular flexibility index (Phi) is 4.19. The quantitative estimate of drug-likeness (QED) is 0.604. The lowest BCUT2D eigenvalue weighted by Gasteiger charge is -2.32. The lowest BCUT2D eigenvalue weighted by Crippen LogP contribution is -2.47. The molecule has 0 aromatic carbocycles. The molecule has 0 radical (unpaired) electrons. The van der Waals surface area contributed by atoms with Crippen molar-refractivity contribution in [1.82, 2.24) is 9.97 Å². The van der Waals surface area contributed by atoms with Crippen LogP contribution >= 0.6 is 0 Å². The van der Waals surface area contributed by atoms with Gasteiger partial charge in [0.2, 0.25) is 0 Å². The standard InChI is InChI=1S/C11H15N3O4/c15-6-7-3-13-10(5-12-7)14-4-9-11(17)8(16)1-2-18-9/h3,5-6,8-9,11,16-17H,1-2,4H2,(H,13,14). The van der Waals surface area contributed by atoms with Crippen LogP contribution in [0.15, 0.2) is 12.4 Å². The summed E-state index contributed by atoms with van der Waals surface area (Å²) < 4.78 is 5.35. The number of aldehydes is 1. The van der Waals surface area contributed by atoms with Crippen LogP contribution in [0, 0.1) is 0 Å². The third-order valence-corrected chi connectivity index (χ3v) is 2.80. The molecule has 1 saturated heterocycles. The first-order chi connectivity index (χ1) is 8.70. The number of ether oxygens (including phenoxy) is 1. The van der Waals surface area contributed by atoms with Crippen LogP contribution < -0.4 is 5.32 Å². The third-order valence-electron chi connectivity index (χ3n) is 2.80. The second kappa shape index (κ2) is 5.85. The number of hydrogen-bond donors (Lipinski definition) is 3. The second-order valence-electron chi connectivity index (χ2n) is 4.08. The van der Waals surface area contributed by atoms with Gasteiger partial charge in [0.15, 0.2) is 6.29 Å². The summed E-state index contributed by atoms with van der Waals surface area (Å²) in [6.07, 6.45) is 1.67. The maximum atomic E-state index is 10.4. The van der Waals surface area contributed by atoms with Gasteiger partial charge in [0.05, 0.1) is 18.5 Å². The first-order valence-corrected chi connectivity index (χ1v) is 5.69. The largest absolute Gasteiger partial charge is 0.390 e. The average Bonchev–Trinajstić information content (AvgIpc) is 2.41. The van der Waals surface area contributed by atoms with E-state index < -0.39 is 18.3 Å². The molecule has 0 amide bonds. The molecule has 1 aromatic rings. The van der Waals surface area contributed by atoms with Gasteiger partial charge >= 0.3 is 0 Å². The minimum atomic E-state index is -0.909. The molecule has 2 rings (SSSR count). The van der Waals surface area contributed by atoms with Gasteiger partial charge in [-0.2, -0.15) is 0 Å². The first-order valence-electron chi connectivity index (χ1n) is 5.69. The number of nitrogens with one attached hydrogen (secondary N) is 1. The fraction of sp³-hybridized carbons (Fsp3) is 0.545. The molecule has 1 aliphatic heterocycles. The Hall–Kier alpha value is -1.57. The summed E-state index contributed by atoms with van der Waals surface area (Å²) in [5, 5.41) is 22.1. The lowest BCUT2D eigenvalue weighted by atomic mass is 10.0. The van der Waals surface area contributed by atoms with E-state index in [1.165, 1.54) is 12.4 Å². The van der Waals surface area contributed by atoms with E-state index in [4.69, 9.17) is 4.74 Å². The Bertz CT molecular complexity index is 398. The Balaban J connectivity index is 1.88. The molecule has 7 nitrogen and oxygen atoms in total. The topological polar surface area (TPSA) is 105 Å². The minimum Gasteiger partial charge on any atom is -0.390 e. The molecule has 1 aliphatic rings. The van der Waals surface area contributed by atoms with Crippen molar-refractivity contribution in [1.29, 1.82) is 0 Å². The van der Waals surface area contributed by atoms with Crippen molar-refractivity contribution >= 4 is 12.1 Å². The smallest absolute Gasteiger partial charge is 0.170 e. The van der Waals surface area contributed by atoms with Gasteiger partial charge in [-0.05, 0) is 6.42 Å². The summed E-state index contributed by atoms with van der Waals surface area (Å²) in [7, 11) is 0. The Morgan fingerprint density at radius 2 is 2.28 bits per heavy atom. The number of aromatic nitrogens is 2. The van der Waals surface area contributed by atoms with Crippen molar-refractivity contribution in [3.8, 4) is 0 Å². The molecule has 2 heterocycles. The highest BCUT2D eigenvalue weighted by Gasteiger charge is 2.31. The summed E-state index contributed by atoms with van der Waals surface area (Å²) in [5.74, 6) is 0.483. The number of anilines is 1. The maximum absolute atomic E-state index is 10.4. The van der Waals surface area contributed by atoms with Crippen LogP contribution in [0.2, 0.25) is 0 Å². The molecule has 3 N–H and O–H groups in total. The van der Waals surface area contributed by atoms with Crippen LogP contribution in [-0.4, -0.2) is 57.9 Å². The van der Waals surface area contributed by atoms with E-state index in [2.05, 4.69) is 15.3 Å². The third kappa shape index (κ3) is 3.00. The van der Waals surface area contributed by atoms with Gasteiger partial charge in [-0.1, -0.05) is 0 Å². The monoisotopic (exact) mass is 253 g/mol. The van der Waals surface area contributed by atoms with Crippen molar-refractivity contribution in [2.75, 3.05) is 18.5 Å². The molecule has 0 saturated carbocycles. The zero-order valence-electron chi connectivity index (χ0n) is 9.69.